The zero-order chi connectivity index (χ0) is 27.9. The highest BCUT2D eigenvalue weighted by atomic mass is 16.5. The number of amides is 1. The second-order valence-corrected chi connectivity index (χ2v) is 11.5. The number of phenols is 4. The van der Waals surface area contributed by atoms with E-state index in [1.807, 2.05) is 0 Å². The number of carbonyl (C=O) groups is 2. The normalized spacial score (nSPS) is 20.4. The molecule has 0 spiro atoms. The van der Waals surface area contributed by atoms with E-state index in [2.05, 4.69) is 26.1 Å². The van der Waals surface area contributed by atoms with Crippen LogP contribution in [-0.4, -0.2) is 52.2 Å². The number of nitrogens with one attached hydrogen (secondary N) is 1. The molecule has 1 fully saturated rings. The third-order valence-electron chi connectivity index (χ3n) is 7.00. The molecule has 2 aromatic carbocycles. The maximum atomic E-state index is 12.6. The molecule has 1 aliphatic carbocycles. The Balaban J connectivity index is 1.43. The average molecular weight is 530 g/mol. The lowest BCUT2D eigenvalue weighted by Gasteiger charge is -2.46. The number of benzene rings is 2. The first-order chi connectivity index (χ1) is 17.8. The van der Waals surface area contributed by atoms with Crippen molar-refractivity contribution in [3.05, 3.63) is 47.5 Å². The summed E-state index contributed by atoms with van der Waals surface area (Å²) >= 11 is 0. The molecular formula is C29H39NO8. The number of carbonyl (C=O) groups excluding carboxylic acids is 2. The second kappa shape index (κ2) is 12.3. The number of alkyl carbamates (subject to hydrolysis) is 1. The monoisotopic (exact) mass is 529 g/mol. The van der Waals surface area contributed by atoms with Gasteiger partial charge in [-0.1, -0.05) is 32.9 Å². The third-order valence-corrected chi connectivity index (χ3v) is 7.00. The lowest BCUT2D eigenvalue weighted by Crippen LogP contribution is -2.44. The smallest absolute Gasteiger partial charge is 0.407 e. The summed E-state index contributed by atoms with van der Waals surface area (Å²) in [6.45, 7) is 7.20. The minimum absolute atomic E-state index is 0.00598. The number of hydrogen-bond donors (Lipinski definition) is 5. The Morgan fingerprint density at radius 2 is 1.39 bits per heavy atom. The van der Waals surface area contributed by atoms with Gasteiger partial charge in [0.2, 0.25) is 0 Å². The van der Waals surface area contributed by atoms with E-state index in [4.69, 9.17) is 9.47 Å². The van der Waals surface area contributed by atoms with Gasteiger partial charge in [0.1, 0.15) is 0 Å². The van der Waals surface area contributed by atoms with Gasteiger partial charge >= 0.3 is 12.1 Å². The Bertz CT molecular complexity index is 1130. The molecule has 0 aromatic heterocycles. The minimum Gasteiger partial charge on any atom is -0.504 e. The van der Waals surface area contributed by atoms with Crippen LogP contribution in [0.25, 0.3) is 0 Å². The van der Waals surface area contributed by atoms with E-state index in [0.717, 1.165) is 30.4 Å². The van der Waals surface area contributed by atoms with Crippen molar-refractivity contribution in [2.75, 3.05) is 19.8 Å². The van der Waals surface area contributed by atoms with E-state index < -0.39 is 6.09 Å². The van der Waals surface area contributed by atoms with Gasteiger partial charge in [-0.25, -0.2) is 4.79 Å². The molecule has 5 N–H and O–H groups in total. The third kappa shape index (κ3) is 8.75. The Hall–Kier alpha value is -3.62. The van der Waals surface area contributed by atoms with Crippen LogP contribution < -0.4 is 5.32 Å². The molecule has 0 saturated heterocycles. The van der Waals surface area contributed by atoms with E-state index in [1.165, 1.54) is 24.3 Å². The maximum Gasteiger partial charge on any atom is 0.407 e. The van der Waals surface area contributed by atoms with Gasteiger partial charge < -0.3 is 35.2 Å². The molecule has 9 heteroatoms. The standard InChI is InChI=1S/C29H39NO8/c1-28(2)15-21(14-26(35)37-10-8-19-4-6-22(31)24(33)12-19)16-29(3,17-28)18-30-27(36)38-11-9-20-5-7-23(32)25(34)13-20/h4-7,12-13,21,31-34H,8-11,14-18H2,1-3H3,(H,30,36). The van der Waals surface area contributed by atoms with Crippen molar-refractivity contribution in [3.8, 4) is 23.0 Å². The van der Waals surface area contributed by atoms with Crippen LogP contribution in [0.1, 0.15) is 57.6 Å². The summed E-state index contributed by atoms with van der Waals surface area (Å²) in [6.07, 6.45) is 3.16. The predicted molar refractivity (Wildman–Crippen MR) is 141 cm³/mol. The van der Waals surface area contributed by atoms with Gasteiger partial charge in [0.25, 0.3) is 0 Å². The lowest BCUT2D eigenvalue weighted by atomic mass is 9.60. The Morgan fingerprint density at radius 3 is 1.95 bits per heavy atom. The molecule has 38 heavy (non-hydrogen) atoms. The highest BCUT2D eigenvalue weighted by molar-refractivity contribution is 5.69. The van der Waals surface area contributed by atoms with Crippen LogP contribution in [0.4, 0.5) is 4.79 Å². The van der Waals surface area contributed by atoms with Crippen LogP contribution in [0.3, 0.4) is 0 Å². The van der Waals surface area contributed by atoms with Crippen molar-refractivity contribution in [2.24, 2.45) is 16.7 Å². The molecule has 3 rings (SSSR count). The Kier molecular flexibility index (Phi) is 9.36. The van der Waals surface area contributed by atoms with Crippen LogP contribution in [0.15, 0.2) is 36.4 Å². The van der Waals surface area contributed by atoms with Crippen molar-refractivity contribution in [2.45, 2.75) is 59.3 Å². The summed E-state index contributed by atoms with van der Waals surface area (Å²) in [5, 5.41) is 40.8. The number of phenolic OH excluding ortho intramolecular Hbond substituents is 4. The van der Waals surface area contributed by atoms with E-state index in [9.17, 15) is 30.0 Å². The van der Waals surface area contributed by atoms with Crippen LogP contribution in [-0.2, 0) is 27.1 Å². The minimum atomic E-state index is -0.520. The Labute approximate surface area is 223 Å². The summed E-state index contributed by atoms with van der Waals surface area (Å²) in [6, 6.07) is 9.02. The van der Waals surface area contributed by atoms with E-state index in [1.54, 1.807) is 12.1 Å². The Morgan fingerprint density at radius 1 is 0.842 bits per heavy atom. The summed E-state index contributed by atoms with van der Waals surface area (Å²) in [4.78, 5) is 24.9. The van der Waals surface area contributed by atoms with Crippen LogP contribution >= 0.6 is 0 Å². The molecule has 0 aliphatic heterocycles. The SMILES string of the molecule is CC1(C)CC(CC(=O)OCCc2ccc(O)c(O)c2)CC(C)(CNC(=O)OCCc2ccc(O)c(O)c2)C1. The van der Waals surface area contributed by atoms with Crippen molar-refractivity contribution >= 4 is 12.1 Å². The molecule has 2 aromatic rings. The molecule has 1 saturated carbocycles. The zero-order valence-corrected chi connectivity index (χ0v) is 22.3. The first kappa shape index (κ1) is 28.9. The number of aromatic hydroxyl groups is 4. The van der Waals surface area contributed by atoms with E-state index in [-0.39, 0.29) is 58.9 Å². The first-order valence-corrected chi connectivity index (χ1v) is 12.9. The lowest BCUT2D eigenvalue weighted by molar-refractivity contribution is -0.145. The summed E-state index contributed by atoms with van der Waals surface area (Å²) in [7, 11) is 0. The van der Waals surface area contributed by atoms with E-state index >= 15 is 0 Å². The number of rotatable bonds is 10. The second-order valence-electron chi connectivity index (χ2n) is 11.5. The van der Waals surface area contributed by atoms with Gasteiger partial charge in [-0.05, 0) is 71.4 Å². The van der Waals surface area contributed by atoms with E-state index in [0.29, 0.717) is 25.8 Å². The molecular weight excluding hydrogens is 490 g/mol. The molecule has 208 valence electrons. The fourth-order valence-corrected chi connectivity index (χ4v) is 5.75. The summed E-state index contributed by atoms with van der Waals surface area (Å²) in [5.41, 5.74) is 1.29. The molecule has 2 unspecified atom stereocenters. The van der Waals surface area contributed by atoms with Crippen LogP contribution in [0.5, 0.6) is 23.0 Å². The van der Waals surface area contributed by atoms with Gasteiger partial charge in [0.15, 0.2) is 23.0 Å². The van der Waals surface area contributed by atoms with Crippen LogP contribution in [0.2, 0.25) is 0 Å². The molecule has 1 aliphatic rings. The summed E-state index contributed by atoms with van der Waals surface area (Å²) in [5.74, 6) is -0.951. The summed E-state index contributed by atoms with van der Waals surface area (Å²) < 4.78 is 10.7. The average Bonchev–Trinajstić information content (AvgIpc) is 2.81. The maximum absolute atomic E-state index is 12.6. The fraction of sp³-hybridized carbons (Fsp3) is 0.517. The largest absolute Gasteiger partial charge is 0.504 e. The topological polar surface area (TPSA) is 146 Å². The molecule has 0 bridgehead atoms. The molecule has 0 heterocycles. The quantitative estimate of drug-likeness (QED) is 0.218. The van der Waals surface area contributed by atoms with Gasteiger partial charge in [0.05, 0.1) is 13.2 Å². The first-order valence-electron chi connectivity index (χ1n) is 12.9. The zero-order valence-electron chi connectivity index (χ0n) is 22.3. The van der Waals surface area contributed by atoms with Gasteiger partial charge in [0, 0.05) is 25.8 Å². The molecule has 0 radical (unpaired) electrons. The van der Waals surface area contributed by atoms with Crippen LogP contribution in [0, 0.1) is 16.7 Å². The van der Waals surface area contributed by atoms with Gasteiger partial charge in [-0.3, -0.25) is 4.79 Å². The van der Waals surface area contributed by atoms with Crippen molar-refractivity contribution in [1.29, 1.82) is 0 Å². The molecule has 2 atom stereocenters. The fourth-order valence-electron chi connectivity index (χ4n) is 5.75. The highest BCUT2D eigenvalue weighted by Gasteiger charge is 2.42. The molecule has 1 amide bonds. The predicted octanol–water partition coefficient (Wildman–Crippen LogP) is 4.79. The number of ether oxygens (including phenoxy) is 2. The van der Waals surface area contributed by atoms with Crippen molar-refractivity contribution < 1.29 is 39.5 Å². The molecule has 9 nitrogen and oxygen atoms in total. The number of esters is 1. The van der Waals surface area contributed by atoms with Crippen molar-refractivity contribution in [1.82, 2.24) is 5.32 Å². The van der Waals surface area contributed by atoms with Crippen molar-refractivity contribution in [3.63, 3.8) is 0 Å². The van der Waals surface area contributed by atoms with Gasteiger partial charge in [-0.2, -0.15) is 0 Å². The number of hydrogen-bond acceptors (Lipinski definition) is 8. The highest BCUT2D eigenvalue weighted by Crippen LogP contribution is 2.49. The van der Waals surface area contributed by atoms with Gasteiger partial charge in [-0.15, -0.1) is 0 Å².